The average molecular weight is 360 g/mol. The summed E-state index contributed by atoms with van der Waals surface area (Å²) in [5, 5.41) is 10.2. The molecule has 0 aromatic heterocycles. The van der Waals surface area contributed by atoms with Crippen LogP contribution in [0.2, 0.25) is 0 Å². The van der Waals surface area contributed by atoms with Crippen molar-refractivity contribution in [3.63, 3.8) is 0 Å². The molecule has 25 heavy (non-hydrogen) atoms. The first kappa shape index (κ1) is 18.7. The quantitative estimate of drug-likeness (QED) is 0.584. The second kappa shape index (κ2) is 6.00. The number of aliphatic hydroxyl groups is 1. The predicted octanol–water partition coefficient (Wildman–Crippen LogP) is 4.39. The van der Waals surface area contributed by atoms with Crippen LogP contribution in [0, 0.1) is 23.2 Å². The Morgan fingerprint density at radius 3 is 2.00 bits per heavy atom. The van der Waals surface area contributed by atoms with E-state index in [2.05, 4.69) is 6.58 Å². The van der Waals surface area contributed by atoms with Crippen molar-refractivity contribution in [1.82, 2.24) is 0 Å². The van der Waals surface area contributed by atoms with Gasteiger partial charge in [0, 0.05) is 5.57 Å². The normalized spacial score (nSPS) is 37.4. The van der Waals surface area contributed by atoms with E-state index < -0.39 is 23.9 Å². The highest BCUT2D eigenvalue weighted by Gasteiger charge is 2.60. The van der Waals surface area contributed by atoms with Crippen molar-refractivity contribution < 1.29 is 27.8 Å². The lowest BCUT2D eigenvalue weighted by atomic mass is 9.48. The molecule has 2 unspecified atom stereocenters. The van der Waals surface area contributed by atoms with E-state index in [1.54, 1.807) is 0 Å². The third-order valence-electron chi connectivity index (χ3n) is 6.58. The summed E-state index contributed by atoms with van der Waals surface area (Å²) in [6.45, 7) is 5.55. The van der Waals surface area contributed by atoms with Crippen LogP contribution in [-0.4, -0.2) is 29.0 Å². The molecule has 4 bridgehead atoms. The molecule has 0 aliphatic heterocycles. The van der Waals surface area contributed by atoms with Crippen molar-refractivity contribution in [3.8, 4) is 0 Å². The maximum absolute atomic E-state index is 13.4. The van der Waals surface area contributed by atoms with Crippen LogP contribution in [0.1, 0.15) is 58.8 Å². The number of hydrogen-bond acceptors (Lipinski definition) is 3. The SMILES string of the molecule is C=C(C)C(=O)OC(CC12CC3CC(CC(C3)C1)C2)C(C)(O)C(F)(F)F. The van der Waals surface area contributed by atoms with Gasteiger partial charge in [0.1, 0.15) is 6.10 Å². The topological polar surface area (TPSA) is 46.5 Å². The third kappa shape index (κ3) is 3.46. The second-order valence-electron chi connectivity index (χ2n) is 8.94. The Balaban J connectivity index is 1.85. The summed E-state index contributed by atoms with van der Waals surface area (Å²) in [7, 11) is 0. The van der Waals surface area contributed by atoms with E-state index in [4.69, 9.17) is 4.74 Å². The highest BCUT2D eigenvalue weighted by atomic mass is 19.4. The molecule has 2 atom stereocenters. The number of carbonyl (C=O) groups is 1. The lowest BCUT2D eigenvalue weighted by molar-refractivity contribution is -0.290. The Hall–Kier alpha value is -1.04. The molecule has 6 heteroatoms. The molecule has 0 aromatic carbocycles. The van der Waals surface area contributed by atoms with E-state index in [0.717, 1.165) is 19.3 Å². The highest BCUT2D eigenvalue weighted by Crippen LogP contribution is 2.62. The number of carbonyl (C=O) groups excluding carboxylic acids is 1. The number of rotatable bonds is 5. The first-order chi connectivity index (χ1) is 11.4. The minimum absolute atomic E-state index is 0.0356. The van der Waals surface area contributed by atoms with E-state index in [1.807, 2.05) is 0 Å². The molecule has 4 rings (SSSR count). The van der Waals surface area contributed by atoms with Crippen LogP contribution in [0.4, 0.5) is 13.2 Å². The highest BCUT2D eigenvalue weighted by molar-refractivity contribution is 5.87. The van der Waals surface area contributed by atoms with Crippen molar-refractivity contribution >= 4 is 5.97 Å². The number of ether oxygens (including phenoxy) is 1. The van der Waals surface area contributed by atoms with Crippen molar-refractivity contribution in [1.29, 1.82) is 0 Å². The maximum Gasteiger partial charge on any atom is 0.420 e. The van der Waals surface area contributed by atoms with Gasteiger partial charge in [-0.15, -0.1) is 0 Å². The lowest BCUT2D eigenvalue weighted by Crippen LogP contribution is -2.57. The third-order valence-corrected chi connectivity index (χ3v) is 6.58. The van der Waals surface area contributed by atoms with Crippen LogP contribution < -0.4 is 0 Å². The van der Waals surface area contributed by atoms with Gasteiger partial charge in [-0.1, -0.05) is 6.58 Å². The Morgan fingerprint density at radius 1 is 1.20 bits per heavy atom. The zero-order valence-electron chi connectivity index (χ0n) is 14.9. The summed E-state index contributed by atoms with van der Waals surface area (Å²) in [6.07, 6.45) is -0.234. The van der Waals surface area contributed by atoms with E-state index in [9.17, 15) is 23.1 Å². The Kier molecular flexibility index (Phi) is 4.50. The number of halogens is 3. The summed E-state index contributed by atoms with van der Waals surface area (Å²) in [5.41, 5.74) is -3.28. The zero-order chi connectivity index (χ0) is 18.6. The minimum atomic E-state index is -4.87. The molecule has 4 aliphatic rings. The van der Waals surface area contributed by atoms with Gasteiger partial charge in [-0.2, -0.15) is 13.2 Å². The second-order valence-corrected chi connectivity index (χ2v) is 8.94. The van der Waals surface area contributed by atoms with E-state index in [1.165, 1.54) is 26.2 Å². The van der Waals surface area contributed by atoms with Gasteiger partial charge in [0.2, 0.25) is 0 Å². The van der Waals surface area contributed by atoms with Crippen LogP contribution >= 0.6 is 0 Å². The van der Waals surface area contributed by atoms with E-state index >= 15 is 0 Å². The molecule has 4 aliphatic carbocycles. The first-order valence-corrected chi connectivity index (χ1v) is 9.07. The summed E-state index contributed by atoms with van der Waals surface area (Å²) >= 11 is 0. The monoisotopic (exact) mass is 360 g/mol. The molecular weight excluding hydrogens is 333 g/mol. The Labute approximate surface area is 146 Å². The molecule has 0 heterocycles. The number of esters is 1. The summed E-state index contributed by atoms with van der Waals surface area (Å²) in [6, 6.07) is 0. The van der Waals surface area contributed by atoms with Gasteiger partial charge in [0.05, 0.1) is 0 Å². The maximum atomic E-state index is 13.4. The van der Waals surface area contributed by atoms with Gasteiger partial charge in [-0.3, -0.25) is 0 Å². The molecule has 0 aromatic rings. The number of hydrogen-bond donors (Lipinski definition) is 1. The van der Waals surface area contributed by atoms with Crippen LogP contribution in [0.5, 0.6) is 0 Å². The fourth-order valence-corrected chi connectivity index (χ4v) is 5.70. The Morgan fingerprint density at radius 2 is 1.64 bits per heavy atom. The fraction of sp³-hybridized carbons (Fsp3) is 0.842. The largest absolute Gasteiger partial charge is 0.456 e. The van der Waals surface area contributed by atoms with E-state index in [-0.39, 0.29) is 17.4 Å². The van der Waals surface area contributed by atoms with Gasteiger partial charge in [0.25, 0.3) is 0 Å². The summed E-state index contributed by atoms with van der Waals surface area (Å²) in [5.74, 6) is 0.831. The molecule has 4 saturated carbocycles. The fourth-order valence-electron chi connectivity index (χ4n) is 5.70. The van der Waals surface area contributed by atoms with Crippen molar-refractivity contribution in [2.24, 2.45) is 23.2 Å². The minimum Gasteiger partial charge on any atom is -0.456 e. The molecule has 0 amide bonds. The van der Waals surface area contributed by atoms with Gasteiger partial charge < -0.3 is 9.84 Å². The molecule has 3 nitrogen and oxygen atoms in total. The van der Waals surface area contributed by atoms with Crippen molar-refractivity contribution in [3.05, 3.63) is 12.2 Å². The van der Waals surface area contributed by atoms with Gasteiger partial charge in [-0.25, -0.2) is 4.79 Å². The lowest BCUT2D eigenvalue weighted by Gasteiger charge is -2.58. The molecule has 0 spiro atoms. The van der Waals surface area contributed by atoms with Gasteiger partial charge >= 0.3 is 12.1 Å². The van der Waals surface area contributed by atoms with Gasteiger partial charge in [-0.05, 0) is 82.0 Å². The van der Waals surface area contributed by atoms with Crippen LogP contribution in [0.15, 0.2) is 12.2 Å². The predicted molar refractivity (Wildman–Crippen MR) is 86.6 cm³/mol. The molecule has 4 fully saturated rings. The molecular formula is C19H27F3O3. The molecule has 0 radical (unpaired) electrons. The average Bonchev–Trinajstić information content (AvgIpc) is 2.43. The molecule has 0 saturated heterocycles. The van der Waals surface area contributed by atoms with Crippen LogP contribution in [0.25, 0.3) is 0 Å². The van der Waals surface area contributed by atoms with Gasteiger partial charge in [0.15, 0.2) is 5.60 Å². The van der Waals surface area contributed by atoms with E-state index in [0.29, 0.717) is 24.7 Å². The summed E-state index contributed by atoms with van der Waals surface area (Å²) < 4.78 is 45.4. The first-order valence-electron chi connectivity index (χ1n) is 9.07. The van der Waals surface area contributed by atoms with Crippen molar-refractivity contribution in [2.75, 3.05) is 0 Å². The smallest absolute Gasteiger partial charge is 0.420 e. The van der Waals surface area contributed by atoms with Crippen LogP contribution in [0.3, 0.4) is 0 Å². The standard InChI is InChI=1S/C19H27F3O3/c1-11(2)16(23)25-15(17(3,24)19(20,21)22)10-18-7-12-4-13(8-18)6-14(5-12)9-18/h12-15,24H,1,4-10H2,2-3H3. The Bertz CT molecular complexity index is 529. The summed E-state index contributed by atoms with van der Waals surface area (Å²) in [4.78, 5) is 11.9. The molecule has 1 N–H and O–H groups in total. The van der Waals surface area contributed by atoms with Crippen LogP contribution in [-0.2, 0) is 9.53 Å². The van der Waals surface area contributed by atoms with Crippen molar-refractivity contribution in [2.45, 2.75) is 76.7 Å². The molecule has 142 valence electrons. The number of alkyl halides is 3. The zero-order valence-corrected chi connectivity index (χ0v) is 14.9.